The molecule has 1 saturated heterocycles. The number of nitrogens with zero attached hydrogens (tertiary/aromatic N) is 1. The lowest BCUT2D eigenvalue weighted by molar-refractivity contribution is 0.223. The molecule has 0 aliphatic carbocycles. The van der Waals surface area contributed by atoms with Crippen LogP contribution in [0.4, 0.5) is 5.69 Å². The Kier molecular flexibility index (Phi) is 4.67. The molecule has 2 unspecified atom stereocenters. The van der Waals surface area contributed by atoms with Gasteiger partial charge in [-0.1, -0.05) is 26.0 Å². The van der Waals surface area contributed by atoms with E-state index in [2.05, 4.69) is 18.6 Å². The van der Waals surface area contributed by atoms with Crippen LogP contribution in [0.25, 0.3) is 0 Å². The summed E-state index contributed by atoms with van der Waals surface area (Å²) in [5.74, 6) is 0.763. The second-order valence-corrected chi connectivity index (χ2v) is 7.40. The summed E-state index contributed by atoms with van der Waals surface area (Å²) in [5, 5.41) is 8.98. The SMILES string of the molecule is CC1CC(C)CN(S(=O)(=O)Nc2ccc(CO)cc2)C1. The minimum atomic E-state index is -3.50. The molecule has 1 heterocycles. The van der Waals surface area contributed by atoms with Crippen molar-refractivity contribution < 1.29 is 13.5 Å². The van der Waals surface area contributed by atoms with Gasteiger partial charge in [-0.05, 0) is 36.0 Å². The quantitative estimate of drug-likeness (QED) is 0.890. The topological polar surface area (TPSA) is 69.6 Å². The number of benzene rings is 1. The molecule has 1 aliphatic rings. The Bertz CT molecular complexity index is 532. The first-order valence-corrected chi connectivity index (χ1v) is 8.32. The van der Waals surface area contributed by atoms with Gasteiger partial charge in [-0.3, -0.25) is 4.72 Å². The molecule has 0 spiro atoms. The zero-order chi connectivity index (χ0) is 14.8. The van der Waals surface area contributed by atoms with E-state index in [1.54, 1.807) is 24.3 Å². The van der Waals surface area contributed by atoms with Crippen molar-refractivity contribution in [3.63, 3.8) is 0 Å². The minimum Gasteiger partial charge on any atom is -0.392 e. The van der Waals surface area contributed by atoms with E-state index in [0.29, 0.717) is 30.6 Å². The number of nitrogens with one attached hydrogen (secondary N) is 1. The van der Waals surface area contributed by atoms with Crippen LogP contribution < -0.4 is 4.72 Å². The first kappa shape index (κ1) is 15.3. The van der Waals surface area contributed by atoms with Crippen LogP contribution in [-0.2, 0) is 16.8 Å². The van der Waals surface area contributed by atoms with Crippen LogP contribution in [0.1, 0.15) is 25.8 Å². The van der Waals surface area contributed by atoms with E-state index in [4.69, 9.17) is 5.11 Å². The van der Waals surface area contributed by atoms with Gasteiger partial charge in [-0.25, -0.2) is 0 Å². The molecule has 5 nitrogen and oxygen atoms in total. The highest BCUT2D eigenvalue weighted by Crippen LogP contribution is 2.24. The number of aliphatic hydroxyl groups is 1. The third-order valence-electron chi connectivity index (χ3n) is 3.56. The number of piperidine rings is 1. The molecule has 112 valence electrons. The molecule has 0 aromatic heterocycles. The zero-order valence-electron chi connectivity index (χ0n) is 11.9. The van der Waals surface area contributed by atoms with E-state index in [1.165, 1.54) is 4.31 Å². The number of hydrogen-bond donors (Lipinski definition) is 2. The Morgan fingerprint density at radius 2 is 1.75 bits per heavy atom. The summed E-state index contributed by atoms with van der Waals surface area (Å²) in [6.07, 6.45) is 1.07. The fourth-order valence-corrected chi connectivity index (χ4v) is 4.16. The molecule has 6 heteroatoms. The van der Waals surface area contributed by atoms with Crippen molar-refractivity contribution in [3.8, 4) is 0 Å². The fourth-order valence-electron chi connectivity index (χ4n) is 2.69. The molecule has 20 heavy (non-hydrogen) atoms. The summed E-state index contributed by atoms with van der Waals surface area (Å²) in [6.45, 7) is 5.24. The van der Waals surface area contributed by atoms with E-state index in [9.17, 15) is 8.42 Å². The molecule has 1 aromatic rings. The smallest absolute Gasteiger partial charge is 0.301 e. The maximum Gasteiger partial charge on any atom is 0.301 e. The molecule has 0 radical (unpaired) electrons. The lowest BCUT2D eigenvalue weighted by Gasteiger charge is -2.34. The lowest BCUT2D eigenvalue weighted by atomic mass is 9.94. The van der Waals surface area contributed by atoms with E-state index < -0.39 is 10.2 Å². The highest BCUT2D eigenvalue weighted by molar-refractivity contribution is 7.90. The van der Waals surface area contributed by atoms with Crippen LogP contribution in [0, 0.1) is 11.8 Å². The summed E-state index contributed by atoms with van der Waals surface area (Å²) in [7, 11) is -3.50. The molecule has 0 saturated carbocycles. The van der Waals surface area contributed by atoms with Gasteiger partial charge >= 0.3 is 10.2 Å². The molecule has 1 fully saturated rings. The Labute approximate surface area is 120 Å². The summed E-state index contributed by atoms with van der Waals surface area (Å²) in [5.41, 5.74) is 1.28. The van der Waals surface area contributed by atoms with Gasteiger partial charge < -0.3 is 5.11 Å². The second kappa shape index (κ2) is 6.11. The highest BCUT2D eigenvalue weighted by atomic mass is 32.2. The van der Waals surface area contributed by atoms with E-state index in [1.807, 2.05) is 0 Å². The van der Waals surface area contributed by atoms with Crippen molar-refractivity contribution in [2.24, 2.45) is 11.8 Å². The predicted octanol–water partition coefficient (Wildman–Crippen LogP) is 1.81. The third-order valence-corrected chi connectivity index (χ3v) is 5.03. The average molecular weight is 298 g/mol. The van der Waals surface area contributed by atoms with Crippen LogP contribution in [0.5, 0.6) is 0 Å². The molecule has 1 aromatic carbocycles. The van der Waals surface area contributed by atoms with Gasteiger partial charge in [-0.15, -0.1) is 0 Å². The largest absolute Gasteiger partial charge is 0.392 e. The molecule has 0 bridgehead atoms. The van der Waals surface area contributed by atoms with Gasteiger partial charge in [0, 0.05) is 18.8 Å². The molecular formula is C14H22N2O3S. The number of rotatable bonds is 4. The first-order chi connectivity index (χ1) is 9.40. The summed E-state index contributed by atoms with van der Waals surface area (Å²) in [4.78, 5) is 0. The lowest BCUT2D eigenvalue weighted by Crippen LogP contribution is -2.45. The molecule has 1 aliphatic heterocycles. The van der Waals surface area contributed by atoms with E-state index in [-0.39, 0.29) is 6.61 Å². The van der Waals surface area contributed by atoms with Gasteiger partial charge in [0.25, 0.3) is 0 Å². The van der Waals surface area contributed by atoms with Gasteiger partial charge in [0.05, 0.1) is 6.61 Å². The van der Waals surface area contributed by atoms with Crippen LogP contribution in [-0.4, -0.2) is 30.9 Å². The summed E-state index contributed by atoms with van der Waals surface area (Å²) < 4.78 is 28.8. The van der Waals surface area contributed by atoms with Crippen LogP contribution in [0.2, 0.25) is 0 Å². The van der Waals surface area contributed by atoms with Crippen LogP contribution >= 0.6 is 0 Å². The van der Waals surface area contributed by atoms with Crippen molar-refractivity contribution in [2.45, 2.75) is 26.9 Å². The van der Waals surface area contributed by atoms with Crippen molar-refractivity contribution in [2.75, 3.05) is 17.8 Å². The Hall–Kier alpha value is -1.11. The van der Waals surface area contributed by atoms with Crippen molar-refractivity contribution >= 4 is 15.9 Å². The average Bonchev–Trinajstić information content (AvgIpc) is 2.38. The van der Waals surface area contributed by atoms with Gasteiger partial charge in [0.1, 0.15) is 0 Å². The number of hydrogen-bond acceptors (Lipinski definition) is 3. The summed E-state index contributed by atoms with van der Waals surface area (Å²) >= 11 is 0. The zero-order valence-corrected chi connectivity index (χ0v) is 12.7. The van der Waals surface area contributed by atoms with Gasteiger partial charge in [0.15, 0.2) is 0 Å². The van der Waals surface area contributed by atoms with Gasteiger partial charge in [-0.2, -0.15) is 12.7 Å². The van der Waals surface area contributed by atoms with E-state index >= 15 is 0 Å². The second-order valence-electron chi connectivity index (χ2n) is 5.73. The first-order valence-electron chi connectivity index (χ1n) is 6.88. The Balaban J connectivity index is 2.09. The maximum absolute atomic E-state index is 12.4. The summed E-state index contributed by atoms with van der Waals surface area (Å²) in [6, 6.07) is 6.75. The molecule has 2 atom stereocenters. The van der Waals surface area contributed by atoms with Crippen molar-refractivity contribution in [1.29, 1.82) is 0 Å². The molecule has 2 N–H and O–H groups in total. The fraction of sp³-hybridized carbons (Fsp3) is 0.571. The third kappa shape index (κ3) is 3.71. The van der Waals surface area contributed by atoms with Crippen LogP contribution in [0.15, 0.2) is 24.3 Å². The normalized spacial score (nSPS) is 24.6. The minimum absolute atomic E-state index is 0.0474. The van der Waals surface area contributed by atoms with Crippen molar-refractivity contribution in [3.05, 3.63) is 29.8 Å². The predicted molar refractivity (Wildman–Crippen MR) is 79.4 cm³/mol. The number of anilines is 1. The van der Waals surface area contributed by atoms with Gasteiger partial charge in [0.2, 0.25) is 0 Å². The Morgan fingerprint density at radius 3 is 2.25 bits per heavy atom. The maximum atomic E-state index is 12.4. The van der Waals surface area contributed by atoms with E-state index in [0.717, 1.165) is 12.0 Å². The number of aliphatic hydroxyl groups excluding tert-OH is 1. The molecular weight excluding hydrogens is 276 g/mol. The molecule has 2 rings (SSSR count). The van der Waals surface area contributed by atoms with Crippen molar-refractivity contribution in [1.82, 2.24) is 4.31 Å². The standard InChI is InChI=1S/C14H22N2O3S/c1-11-7-12(2)9-16(8-11)20(18,19)15-14-5-3-13(10-17)4-6-14/h3-6,11-12,15,17H,7-10H2,1-2H3. The Morgan fingerprint density at radius 1 is 1.20 bits per heavy atom. The molecule has 0 amide bonds. The monoisotopic (exact) mass is 298 g/mol. The highest BCUT2D eigenvalue weighted by Gasteiger charge is 2.30. The van der Waals surface area contributed by atoms with Crippen LogP contribution in [0.3, 0.4) is 0 Å².